The van der Waals surface area contributed by atoms with E-state index in [0.29, 0.717) is 18.8 Å². The molecule has 0 atom stereocenters. The number of aryl methyl sites for hydroxylation is 2. The molecule has 4 heteroatoms. The summed E-state index contributed by atoms with van der Waals surface area (Å²) >= 11 is 0. The van der Waals surface area contributed by atoms with Gasteiger partial charge in [-0.3, -0.25) is 4.79 Å². The minimum atomic E-state index is -0.000730. The van der Waals surface area contributed by atoms with Gasteiger partial charge in [0.15, 0.2) is 0 Å². The molecular formula is C25H26O4. The molecule has 150 valence electrons. The number of benzene rings is 3. The van der Waals surface area contributed by atoms with Crippen LogP contribution in [0.1, 0.15) is 32.6 Å². The van der Waals surface area contributed by atoms with E-state index in [-0.39, 0.29) is 6.61 Å². The van der Waals surface area contributed by atoms with Crippen LogP contribution in [-0.2, 0) is 6.61 Å². The highest BCUT2D eigenvalue weighted by Crippen LogP contribution is 2.33. The second kappa shape index (κ2) is 9.39. The van der Waals surface area contributed by atoms with E-state index >= 15 is 0 Å². The first-order valence-corrected chi connectivity index (χ1v) is 9.65. The fourth-order valence-corrected chi connectivity index (χ4v) is 3.33. The van der Waals surface area contributed by atoms with Crippen LogP contribution in [0.5, 0.6) is 11.5 Å². The molecule has 29 heavy (non-hydrogen) atoms. The molecule has 0 aliphatic rings. The van der Waals surface area contributed by atoms with Crippen molar-refractivity contribution in [3.05, 3.63) is 82.4 Å². The van der Waals surface area contributed by atoms with Crippen molar-refractivity contribution in [2.45, 2.75) is 27.4 Å². The van der Waals surface area contributed by atoms with Gasteiger partial charge < -0.3 is 14.6 Å². The molecule has 3 aromatic rings. The van der Waals surface area contributed by atoms with E-state index in [1.165, 1.54) is 5.56 Å². The van der Waals surface area contributed by atoms with Crippen molar-refractivity contribution in [3.63, 3.8) is 0 Å². The maximum atomic E-state index is 10.8. The van der Waals surface area contributed by atoms with Gasteiger partial charge in [-0.2, -0.15) is 0 Å². The molecule has 0 fully saturated rings. The summed E-state index contributed by atoms with van der Waals surface area (Å²) in [6.45, 7) is 6.93. The second-order valence-electron chi connectivity index (χ2n) is 7.07. The molecule has 3 aromatic carbocycles. The fourth-order valence-electron chi connectivity index (χ4n) is 3.33. The molecule has 0 bridgehead atoms. The smallest absolute Gasteiger partial charge is 0.150 e. The van der Waals surface area contributed by atoms with Gasteiger partial charge in [-0.1, -0.05) is 18.2 Å². The number of aliphatic hydroxyl groups excluding tert-OH is 1. The summed E-state index contributed by atoms with van der Waals surface area (Å²) in [4.78, 5) is 10.8. The first-order valence-electron chi connectivity index (χ1n) is 9.65. The Labute approximate surface area is 171 Å². The third kappa shape index (κ3) is 4.84. The van der Waals surface area contributed by atoms with Crippen LogP contribution in [0.4, 0.5) is 0 Å². The average molecular weight is 390 g/mol. The summed E-state index contributed by atoms with van der Waals surface area (Å²) in [6, 6.07) is 17.5. The van der Waals surface area contributed by atoms with Gasteiger partial charge in [0.1, 0.15) is 31.0 Å². The second-order valence-corrected chi connectivity index (χ2v) is 7.07. The van der Waals surface area contributed by atoms with Gasteiger partial charge in [-0.05, 0) is 90.6 Å². The van der Waals surface area contributed by atoms with E-state index in [9.17, 15) is 4.79 Å². The number of aldehydes is 1. The molecule has 0 radical (unpaired) electrons. The SMILES string of the molecule is Cc1cc(-c2cccc(COc3ccc(C=O)cc3)c2C)c(C)cc1OCCO. The van der Waals surface area contributed by atoms with Crippen molar-refractivity contribution in [3.8, 4) is 22.6 Å². The molecule has 0 amide bonds. The Morgan fingerprint density at radius 1 is 0.897 bits per heavy atom. The Kier molecular flexibility index (Phi) is 6.68. The van der Waals surface area contributed by atoms with Crippen LogP contribution < -0.4 is 9.47 Å². The lowest BCUT2D eigenvalue weighted by molar-refractivity contribution is 0.112. The number of carbonyl (C=O) groups excluding carboxylic acids is 1. The maximum absolute atomic E-state index is 10.8. The molecule has 4 nitrogen and oxygen atoms in total. The van der Waals surface area contributed by atoms with Gasteiger partial charge in [-0.25, -0.2) is 0 Å². The van der Waals surface area contributed by atoms with Gasteiger partial charge in [0.05, 0.1) is 6.61 Å². The van der Waals surface area contributed by atoms with Crippen LogP contribution >= 0.6 is 0 Å². The standard InChI is InChI=1S/C25H26O4/c1-17-14-25(28-12-11-26)18(2)13-24(17)23-6-4-5-21(19(23)3)16-29-22-9-7-20(15-27)8-10-22/h4-10,13-15,26H,11-12,16H2,1-3H3. The first-order chi connectivity index (χ1) is 14.0. The summed E-state index contributed by atoms with van der Waals surface area (Å²) in [5.41, 5.74) is 7.39. The lowest BCUT2D eigenvalue weighted by atomic mass is 9.92. The van der Waals surface area contributed by atoms with Crippen molar-refractivity contribution in [1.29, 1.82) is 0 Å². The first kappa shape index (κ1) is 20.6. The molecule has 1 N–H and O–H groups in total. The quantitative estimate of drug-likeness (QED) is 0.548. The predicted molar refractivity (Wildman–Crippen MR) is 115 cm³/mol. The highest BCUT2D eigenvalue weighted by Gasteiger charge is 2.12. The van der Waals surface area contributed by atoms with Crippen molar-refractivity contribution < 1.29 is 19.4 Å². The van der Waals surface area contributed by atoms with Crippen LogP contribution in [0.15, 0.2) is 54.6 Å². The van der Waals surface area contributed by atoms with Crippen LogP contribution in [0.25, 0.3) is 11.1 Å². The zero-order chi connectivity index (χ0) is 20.8. The number of aliphatic hydroxyl groups is 1. The van der Waals surface area contributed by atoms with Gasteiger partial charge in [0, 0.05) is 5.56 Å². The third-order valence-corrected chi connectivity index (χ3v) is 5.02. The Morgan fingerprint density at radius 2 is 1.66 bits per heavy atom. The minimum Gasteiger partial charge on any atom is -0.491 e. The van der Waals surface area contributed by atoms with Crippen molar-refractivity contribution in [2.24, 2.45) is 0 Å². The number of rotatable bonds is 8. The van der Waals surface area contributed by atoms with E-state index in [1.807, 2.05) is 31.2 Å². The highest BCUT2D eigenvalue weighted by molar-refractivity contribution is 5.75. The average Bonchev–Trinajstić information content (AvgIpc) is 2.74. The molecule has 0 aliphatic carbocycles. The fraction of sp³-hybridized carbons (Fsp3) is 0.240. The van der Waals surface area contributed by atoms with E-state index in [2.05, 4.69) is 32.0 Å². The number of hydrogen-bond donors (Lipinski definition) is 1. The Morgan fingerprint density at radius 3 is 2.34 bits per heavy atom. The van der Waals surface area contributed by atoms with Crippen LogP contribution in [0.2, 0.25) is 0 Å². The van der Waals surface area contributed by atoms with Gasteiger partial charge in [-0.15, -0.1) is 0 Å². The van der Waals surface area contributed by atoms with E-state index in [1.54, 1.807) is 12.1 Å². The van der Waals surface area contributed by atoms with Crippen LogP contribution in [0, 0.1) is 20.8 Å². The van der Waals surface area contributed by atoms with Crippen LogP contribution in [0.3, 0.4) is 0 Å². The van der Waals surface area contributed by atoms with Crippen molar-refractivity contribution >= 4 is 6.29 Å². The maximum Gasteiger partial charge on any atom is 0.150 e. The van der Waals surface area contributed by atoms with E-state index < -0.39 is 0 Å². The van der Waals surface area contributed by atoms with Gasteiger partial charge >= 0.3 is 0 Å². The Hall–Kier alpha value is -3.11. The minimum absolute atomic E-state index is 0.000730. The molecule has 0 heterocycles. The molecule has 0 saturated heterocycles. The van der Waals surface area contributed by atoms with E-state index in [4.69, 9.17) is 14.6 Å². The molecule has 0 spiro atoms. The summed E-state index contributed by atoms with van der Waals surface area (Å²) < 4.78 is 11.5. The molecule has 0 unspecified atom stereocenters. The number of ether oxygens (including phenoxy) is 2. The largest absolute Gasteiger partial charge is 0.491 e. The normalized spacial score (nSPS) is 10.6. The monoisotopic (exact) mass is 390 g/mol. The number of hydrogen-bond acceptors (Lipinski definition) is 4. The lowest BCUT2D eigenvalue weighted by Crippen LogP contribution is -2.04. The Bertz CT molecular complexity index is 990. The molecular weight excluding hydrogens is 364 g/mol. The van der Waals surface area contributed by atoms with E-state index in [0.717, 1.165) is 45.6 Å². The van der Waals surface area contributed by atoms with Crippen molar-refractivity contribution in [2.75, 3.05) is 13.2 Å². The van der Waals surface area contributed by atoms with Crippen LogP contribution in [-0.4, -0.2) is 24.6 Å². The lowest BCUT2D eigenvalue weighted by Gasteiger charge is -2.17. The van der Waals surface area contributed by atoms with Gasteiger partial charge in [0.2, 0.25) is 0 Å². The highest BCUT2D eigenvalue weighted by atomic mass is 16.5. The molecule has 0 aliphatic heterocycles. The molecule has 0 aromatic heterocycles. The summed E-state index contributed by atoms with van der Waals surface area (Å²) in [5, 5.41) is 8.99. The summed E-state index contributed by atoms with van der Waals surface area (Å²) in [5.74, 6) is 1.54. The summed E-state index contributed by atoms with van der Waals surface area (Å²) in [7, 11) is 0. The van der Waals surface area contributed by atoms with Gasteiger partial charge in [0.25, 0.3) is 0 Å². The number of carbonyl (C=O) groups is 1. The summed E-state index contributed by atoms with van der Waals surface area (Å²) in [6.07, 6.45) is 0.821. The zero-order valence-corrected chi connectivity index (χ0v) is 17.1. The van der Waals surface area contributed by atoms with Crippen molar-refractivity contribution in [1.82, 2.24) is 0 Å². The predicted octanol–water partition coefficient (Wildman–Crippen LogP) is 5.04. The molecule has 0 saturated carbocycles. The Balaban J connectivity index is 1.84. The topological polar surface area (TPSA) is 55.8 Å². The molecule has 3 rings (SSSR count). The third-order valence-electron chi connectivity index (χ3n) is 5.02. The zero-order valence-electron chi connectivity index (χ0n) is 17.1.